The van der Waals surface area contributed by atoms with Crippen LogP contribution in [0.15, 0.2) is 0 Å². The van der Waals surface area contributed by atoms with Gasteiger partial charge in [-0.25, -0.2) is 4.79 Å². The smallest absolute Gasteiger partial charge is 0.410 e. The van der Waals surface area contributed by atoms with Gasteiger partial charge in [-0.05, 0) is 13.8 Å². The summed E-state index contributed by atoms with van der Waals surface area (Å²) in [5, 5.41) is 8.63. The topological polar surface area (TPSA) is 49.8 Å². The Kier molecular flexibility index (Phi) is 2.92. The Morgan fingerprint density at radius 2 is 2.42 bits per heavy atom. The van der Waals surface area contributed by atoms with Crippen molar-refractivity contribution in [2.24, 2.45) is 0 Å². The minimum Gasteiger partial charge on any atom is -0.444 e. The van der Waals surface area contributed by atoms with Gasteiger partial charge in [0.15, 0.2) is 0 Å². The van der Waals surface area contributed by atoms with Crippen LogP contribution in [0.3, 0.4) is 0 Å². The van der Waals surface area contributed by atoms with E-state index in [1.54, 1.807) is 4.90 Å². The van der Waals surface area contributed by atoms with Crippen molar-refractivity contribution in [3.63, 3.8) is 0 Å². The van der Waals surface area contributed by atoms with E-state index in [1.807, 2.05) is 13.8 Å². The number of carbonyl (C=O) groups excluding carboxylic acids is 1. The first kappa shape index (κ1) is 9.32. The van der Waals surface area contributed by atoms with Gasteiger partial charge in [0.25, 0.3) is 0 Å². The Balaban J connectivity index is 2.45. The van der Waals surface area contributed by atoms with Crippen LogP contribution in [0.25, 0.3) is 0 Å². The lowest BCUT2D eigenvalue weighted by Gasteiger charge is -2.16. The summed E-state index contributed by atoms with van der Waals surface area (Å²) in [6, 6.07) is 0.182. The molecular weight excluding hydrogens is 158 g/mol. The summed E-state index contributed by atoms with van der Waals surface area (Å²) in [5.74, 6) is 0. The molecule has 4 nitrogen and oxygen atoms in total. The molecule has 0 spiro atoms. The molecule has 1 aliphatic heterocycles. The van der Waals surface area contributed by atoms with Crippen LogP contribution < -0.4 is 0 Å². The summed E-state index contributed by atoms with van der Waals surface area (Å²) >= 11 is 0. The van der Waals surface area contributed by atoms with Gasteiger partial charge in [-0.15, -0.1) is 0 Å². The first-order valence-electron chi connectivity index (χ1n) is 4.23. The molecule has 0 aromatic rings. The van der Waals surface area contributed by atoms with E-state index in [1.165, 1.54) is 0 Å². The third-order valence-corrected chi connectivity index (χ3v) is 1.98. The highest BCUT2D eigenvalue weighted by molar-refractivity contribution is 5.70. The summed E-state index contributed by atoms with van der Waals surface area (Å²) in [5.41, 5.74) is 0. The van der Waals surface area contributed by atoms with E-state index < -0.39 is 0 Å². The molecule has 1 atom stereocenters. The first-order valence-corrected chi connectivity index (χ1v) is 4.23. The highest BCUT2D eigenvalue weighted by Crippen LogP contribution is 2.15. The fourth-order valence-electron chi connectivity index (χ4n) is 1.26. The minimum absolute atomic E-state index is 0.0733. The lowest BCUT2D eigenvalue weighted by atomic mass is 10.2. The van der Waals surface area contributed by atoms with E-state index in [0.717, 1.165) is 0 Å². The lowest BCUT2D eigenvalue weighted by Crippen LogP contribution is -2.32. The van der Waals surface area contributed by atoms with E-state index in [2.05, 4.69) is 0 Å². The fourth-order valence-corrected chi connectivity index (χ4v) is 1.26. The zero-order valence-corrected chi connectivity index (χ0v) is 7.49. The van der Waals surface area contributed by atoms with Crippen molar-refractivity contribution < 1.29 is 14.6 Å². The minimum atomic E-state index is -0.261. The number of rotatable bonds is 3. The third-order valence-electron chi connectivity index (χ3n) is 1.98. The Hall–Kier alpha value is -0.770. The highest BCUT2D eigenvalue weighted by atomic mass is 16.6. The summed E-state index contributed by atoms with van der Waals surface area (Å²) < 4.78 is 5.00. The molecule has 1 heterocycles. The van der Waals surface area contributed by atoms with E-state index in [0.29, 0.717) is 13.0 Å². The molecule has 0 bridgehead atoms. The van der Waals surface area contributed by atoms with Crippen molar-refractivity contribution in [1.29, 1.82) is 0 Å². The zero-order chi connectivity index (χ0) is 9.14. The molecule has 0 radical (unpaired) electrons. The maximum atomic E-state index is 11.1. The number of aliphatic hydroxyl groups excluding tert-OH is 1. The number of hydrogen-bond acceptors (Lipinski definition) is 3. The van der Waals surface area contributed by atoms with E-state index in [-0.39, 0.29) is 24.8 Å². The van der Waals surface area contributed by atoms with Gasteiger partial charge in [0.05, 0.1) is 6.54 Å². The molecule has 1 saturated heterocycles. The quantitative estimate of drug-likeness (QED) is 0.679. The van der Waals surface area contributed by atoms with Crippen molar-refractivity contribution >= 4 is 6.09 Å². The Morgan fingerprint density at radius 3 is 2.83 bits per heavy atom. The molecule has 4 heteroatoms. The molecule has 0 aliphatic carbocycles. The zero-order valence-electron chi connectivity index (χ0n) is 7.49. The third kappa shape index (κ3) is 1.88. The molecule has 1 rings (SSSR count). The molecule has 12 heavy (non-hydrogen) atoms. The monoisotopic (exact) mass is 173 g/mol. The molecule has 1 amide bonds. The molecule has 70 valence electrons. The normalized spacial score (nSPS) is 23.5. The van der Waals surface area contributed by atoms with Crippen LogP contribution in [-0.2, 0) is 4.74 Å². The highest BCUT2D eigenvalue weighted by Gasteiger charge is 2.31. The lowest BCUT2D eigenvalue weighted by molar-refractivity contribution is 0.116. The second-order valence-corrected chi connectivity index (χ2v) is 3.26. The molecular formula is C8H15NO3. The second kappa shape index (κ2) is 3.76. The van der Waals surface area contributed by atoms with Gasteiger partial charge in [-0.1, -0.05) is 0 Å². The van der Waals surface area contributed by atoms with Crippen LogP contribution >= 0.6 is 0 Å². The molecule has 0 aromatic heterocycles. The Morgan fingerprint density at radius 1 is 1.75 bits per heavy atom. The van der Waals surface area contributed by atoms with Crippen molar-refractivity contribution in [3.8, 4) is 0 Å². The Labute approximate surface area is 72.1 Å². The van der Waals surface area contributed by atoms with Gasteiger partial charge in [0, 0.05) is 19.1 Å². The SMILES string of the molecule is CC(C)N1CC(CCO)OC1=O. The van der Waals surface area contributed by atoms with Crippen LogP contribution in [0.4, 0.5) is 4.79 Å². The number of ether oxygens (including phenoxy) is 1. The van der Waals surface area contributed by atoms with Crippen molar-refractivity contribution in [2.45, 2.75) is 32.4 Å². The van der Waals surface area contributed by atoms with Gasteiger partial charge < -0.3 is 14.7 Å². The molecule has 1 unspecified atom stereocenters. The standard InChI is InChI=1S/C8H15NO3/c1-6(2)9-5-7(3-4-10)12-8(9)11/h6-7,10H,3-5H2,1-2H3. The van der Waals surface area contributed by atoms with Gasteiger partial charge in [-0.2, -0.15) is 0 Å². The summed E-state index contributed by atoms with van der Waals surface area (Å²) in [6.45, 7) is 4.58. The second-order valence-electron chi connectivity index (χ2n) is 3.26. The average molecular weight is 173 g/mol. The number of aliphatic hydroxyl groups is 1. The molecule has 0 saturated carbocycles. The first-order chi connectivity index (χ1) is 5.65. The summed E-state index contributed by atoms with van der Waals surface area (Å²) in [4.78, 5) is 12.8. The van der Waals surface area contributed by atoms with Crippen molar-refractivity contribution in [3.05, 3.63) is 0 Å². The Bertz CT molecular complexity index is 170. The number of cyclic esters (lactones) is 1. The van der Waals surface area contributed by atoms with E-state index in [9.17, 15) is 4.79 Å². The molecule has 1 aliphatic rings. The molecule has 0 aromatic carbocycles. The largest absolute Gasteiger partial charge is 0.444 e. The molecule has 1 N–H and O–H groups in total. The van der Waals surface area contributed by atoms with Gasteiger partial charge in [0.2, 0.25) is 0 Å². The van der Waals surface area contributed by atoms with Crippen LogP contribution in [-0.4, -0.2) is 41.4 Å². The predicted octanol–water partition coefficient (Wildman–Crippen LogP) is 0.598. The number of carbonyl (C=O) groups is 1. The fraction of sp³-hybridized carbons (Fsp3) is 0.875. The summed E-state index contributed by atoms with van der Waals surface area (Å²) in [6.07, 6.45) is 0.156. The maximum absolute atomic E-state index is 11.1. The van der Waals surface area contributed by atoms with Gasteiger partial charge in [-0.3, -0.25) is 0 Å². The van der Waals surface area contributed by atoms with Crippen LogP contribution in [0, 0.1) is 0 Å². The molecule has 1 fully saturated rings. The average Bonchev–Trinajstić information content (AvgIpc) is 2.32. The van der Waals surface area contributed by atoms with Gasteiger partial charge in [0.1, 0.15) is 6.10 Å². The summed E-state index contributed by atoms with van der Waals surface area (Å²) in [7, 11) is 0. The van der Waals surface area contributed by atoms with Crippen molar-refractivity contribution in [2.75, 3.05) is 13.2 Å². The van der Waals surface area contributed by atoms with Crippen LogP contribution in [0.1, 0.15) is 20.3 Å². The van der Waals surface area contributed by atoms with E-state index in [4.69, 9.17) is 9.84 Å². The van der Waals surface area contributed by atoms with Crippen molar-refractivity contribution in [1.82, 2.24) is 4.90 Å². The van der Waals surface area contributed by atoms with Crippen LogP contribution in [0.5, 0.6) is 0 Å². The number of amides is 1. The predicted molar refractivity (Wildman–Crippen MR) is 43.8 cm³/mol. The van der Waals surface area contributed by atoms with Gasteiger partial charge >= 0.3 is 6.09 Å². The number of hydrogen-bond donors (Lipinski definition) is 1. The maximum Gasteiger partial charge on any atom is 0.410 e. The van der Waals surface area contributed by atoms with Crippen LogP contribution in [0.2, 0.25) is 0 Å². The number of nitrogens with zero attached hydrogens (tertiary/aromatic N) is 1. The van der Waals surface area contributed by atoms with E-state index >= 15 is 0 Å².